The van der Waals surface area contributed by atoms with Crippen LogP contribution in [-0.2, 0) is 18.7 Å². The molecular formula is C28H27ClF2N6O2. The first-order valence-electron chi connectivity index (χ1n) is 12.4. The van der Waals surface area contributed by atoms with Crippen LogP contribution in [0.4, 0.5) is 14.5 Å². The summed E-state index contributed by atoms with van der Waals surface area (Å²) in [6.45, 7) is 2.53. The Balaban J connectivity index is 1.49. The first-order chi connectivity index (χ1) is 18.8. The molecule has 0 unspecified atom stereocenters. The number of benzene rings is 3. The van der Waals surface area contributed by atoms with Crippen molar-refractivity contribution >= 4 is 28.2 Å². The average Bonchev–Trinajstić information content (AvgIpc) is 3.58. The molecule has 5 rings (SSSR count). The summed E-state index contributed by atoms with van der Waals surface area (Å²) in [7, 11) is 0. The van der Waals surface area contributed by atoms with Crippen molar-refractivity contribution in [1.29, 1.82) is 0 Å². The van der Waals surface area contributed by atoms with E-state index in [-0.39, 0.29) is 18.7 Å². The average molecular weight is 553 g/mol. The van der Waals surface area contributed by atoms with Crippen LogP contribution in [0.25, 0.3) is 10.9 Å². The van der Waals surface area contributed by atoms with E-state index in [4.69, 9.17) is 11.6 Å². The quantitative estimate of drug-likeness (QED) is 0.261. The fourth-order valence-electron chi connectivity index (χ4n) is 4.72. The van der Waals surface area contributed by atoms with E-state index in [1.165, 1.54) is 23.4 Å². The van der Waals surface area contributed by atoms with Crippen molar-refractivity contribution in [3.8, 4) is 0 Å². The highest BCUT2D eigenvalue weighted by molar-refractivity contribution is 6.30. The number of anilines is 1. The van der Waals surface area contributed by atoms with Gasteiger partial charge in [-0.3, -0.25) is 4.68 Å². The van der Waals surface area contributed by atoms with Gasteiger partial charge in [0.2, 0.25) is 0 Å². The Labute approximate surface area is 228 Å². The molecule has 3 aromatic carbocycles. The lowest BCUT2D eigenvalue weighted by molar-refractivity contribution is -0.0366. The molecule has 2 atom stereocenters. The molecule has 11 heteroatoms. The normalized spacial score (nSPS) is 13.9. The number of aromatic nitrogens is 5. The van der Waals surface area contributed by atoms with Crippen LogP contribution in [0.3, 0.4) is 0 Å². The van der Waals surface area contributed by atoms with Gasteiger partial charge in [0, 0.05) is 47.0 Å². The topological polar surface area (TPSA) is 92.2 Å². The zero-order valence-electron chi connectivity index (χ0n) is 21.1. The molecule has 0 aliphatic heterocycles. The maximum absolute atomic E-state index is 15.0. The Hall–Kier alpha value is -3.86. The number of fused-ring (bicyclic) bond motifs is 1. The zero-order valence-corrected chi connectivity index (χ0v) is 21.9. The molecule has 8 nitrogen and oxygen atoms in total. The first kappa shape index (κ1) is 26.7. The molecule has 5 aromatic rings. The van der Waals surface area contributed by atoms with Crippen molar-refractivity contribution in [2.45, 2.75) is 31.7 Å². The van der Waals surface area contributed by atoms with Crippen molar-refractivity contribution in [1.82, 2.24) is 24.5 Å². The van der Waals surface area contributed by atoms with Gasteiger partial charge >= 0.3 is 0 Å². The van der Waals surface area contributed by atoms with Gasteiger partial charge in [0.1, 0.15) is 29.9 Å². The van der Waals surface area contributed by atoms with E-state index in [0.29, 0.717) is 23.6 Å². The summed E-state index contributed by atoms with van der Waals surface area (Å²) in [5, 5.41) is 31.8. The molecular weight excluding hydrogens is 526 g/mol. The van der Waals surface area contributed by atoms with Gasteiger partial charge in [-0.15, -0.1) is 0 Å². The van der Waals surface area contributed by atoms with Gasteiger partial charge in [0.15, 0.2) is 0 Å². The van der Waals surface area contributed by atoms with E-state index >= 15 is 0 Å². The molecule has 0 spiro atoms. The van der Waals surface area contributed by atoms with Crippen LogP contribution in [0, 0.1) is 11.6 Å². The van der Waals surface area contributed by atoms with E-state index in [1.54, 1.807) is 17.8 Å². The zero-order chi connectivity index (χ0) is 27.6. The third kappa shape index (κ3) is 5.63. The van der Waals surface area contributed by atoms with Crippen LogP contribution < -0.4 is 4.90 Å². The number of hydrogen-bond donors (Lipinski definition) is 2. The molecule has 2 aromatic heterocycles. The Morgan fingerprint density at radius 1 is 1.08 bits per heavy atom. The number of aliphatic hydroxyl groups excluding tert-OH is 1. The van der Waals surface area contributed by atoms with Gasteiger partial charge < -0.3 is 15.1 Å². The Morgan fingerprint density at radius 2 is 1.87 bits per heavy atom. The molecule has 202 valence electrons. The van der Waals surface area contributed by atoms with Gasteiger partial charge in [-0.1, -0.05) is 29.8 Å². The molecule has 0 radical (unpaired) electrons. The lowest BCUT2D eigenvalue weighted by atomic mass is 9.86. The molecule has 2 heterocycles. The van der Waals surface area contributed by atoms with E-state index in [9.17, 15) is 19.0 Å². The Morgan fingerprint density at radius 3 is 2.56 bits per heavy atom. The SMILES string of the molecule is C[C@@H](n1cc2cc(N(CCO)Cc3ccc(Cl)cc3)ccc2n1)[C@](O)(Cn1cncn1)c1ccc(F)cc1F. The minimum absolute atomic E-state index is 0.0273. The fraction of sp³-hybridized carbons (Fsp3) is 0.250. The minimum Gasteiger partial charge on any atom is -0.395 e. The molecule has 0 bridgehead atoms. The monoisotopic (exact) mass is 552 g/mol. The summed E-state index contributed by atoms with van der Waals surface area (Å²) in [5.41, 5.74) is 0.666. The van der Waals surface area contributed by atoms with Crippen molar-refractivity contribution in [2.24, 2.45) is 0 Å². The number of rotatable bonds is 10. The minimum atomic E-state index is -1.84. The molecule has 2 N–H and O–H groups in total. The Kier molecular flexibility index (Phi) is 7.60. The van der Waals surface area contributed by atoms with Gasteiger partial charge in [-0.2, -0.15) is 10.2 Å². The van der Waals surface area contributed by atoms with E-state index < -0.39 is 23.3 Å². The highest BCUT2D eigenvalue weighted by Gasteiger charge is 2.41. The highest BCUT2D eigenvalue weighted by Crippen LogP contribution is 2.37. The van der Waals surface area contributed by atoms with Gasteiger partial charge in [0.05, 0.1) is 24.7 Å². The predicted octanol–water partition coefficient (Wildman–Crippen LogP) is 4.71. The second-order valence-corrected chi connectivity index (χ2v) is 9.88. The van der Waals surface area contributed by atoms with Crippen molar-refractivity contribution in [3.63, 3.8) is 0 Å². The van der Waals surface area contributed by atoms with Gasteiger partial charge in [-0.25, -0.2) is 18.4 Å². The standard InChI is InChI=1S/C28H27ClF2N6O2/c1-19(28(39,16-36-18-32-17-33-36)25-8-6-23(30)13-26(25)31)37-15-21-12-24(7-9-27(21)34-37)35(10-11-38)14-20-2-4-22(29)5-3-20/h2-9,12-13,15,17-19,38-39H,10-11,14,16H2,1H3/t19-,28-/m1/s1. The molecule has 0 saturated heterocycles. The number of aliphatic hydroxyl groups is 2. The number of halogens is 3. The van der Waals surface area contributed by atoms with Crippen LogP contribution in [0.2, 0.25) is 5.02 Å². The second kappa shape index (κ2) is 11.1. The molecule has 0 aliphatic carbocycles. The van der Waals surface area contributed by atoms with Gasteiger partial charge in [-0.05, 0) is 48.9 Å². The van der Waals surface area contributed by atoms with E-state index in [1.807, 2.05) is 47.4 Å². The third-order valence-electron chi connectivity index (χ3n) is 6.88. The molecule has 0 aliphatic rings. The van der Waals surface area contributed by atoms with Crippen LogP contribution in [-0.4, -0.2) is 47.9 Å². The lowest BCUT2D eigenvalue weighted by Gasteiger charge is -2.34. The summed E-state index contributed by atoms with van der Waals surface area (Å²) in [6.07, 6.45) is 4.51. The van der Waals surface area contributed by atoms with E-state index in [2.05, 4.69) is 15.2 Å². The number of nitrogens with zero attached hydrogens (tertiary/aromatic N) is 6. The van der Waals surface area contributed by atoms with Crippen LogP contribution in [0.15, 0.2) is 79.5 Å². The first-order valence-corrected chi connectivity index (χ1v) is 12.7. The smallest absolute Gasteiger partial charge is 0.137 e. The lowest BCUT2D eigenvalue weighted by Crippen LogP contribution is -2.40. The van der Waals surface area contributed by atoms with Gasteiger partial charge in [0.25, 0.3) is 0 Å². The van der Waals surface area contributed by atoms with Crippen molar-refractivity contribution in [3.05, 3.63) is 107 Å². The summed E-state index contributed by atoms with van der Waals surface area (Å²) in [4.78, 5) is 5.95. The Bertz CT molecular complexity index is 1560. The summed E-state index contributed by atoms with van der Waals surface area (Å²) >= 11 is 6.02. The van der Waals surface area contributed by atoms with Crippen LogP contribution >= 0.6 is 11.6 Å². The molecule has 39 heavy (non-hydrogen) atoms. The highest BCUT2D eigenvalue weighted by atomic mass is 35.5. The maximum atomic E-state index is 15.0. The molecule has 0 saturated carbocycles. The van der Waals surface area contributed by atoms with Crippen molar-refractivity contribution < 1.29 is 19.0 Å². The summed E-state index contributed by atoms with van der Waals surface area (Å²) < 4.78 is 31.6. The number of hydrogen-bond acceptors (Lipinski definition) is 6. The predicted molar refractivity (Wildman–Crippen MR) is 144 cm³/mol. The van der Waals surface area contributed by atoms with Crippen molar-refractivity contribution in [2.75, 3.05) is 18.1 Å². The van der Waals surface area contributed by atoms with Crippen LogP contribution in [0.5, 0.6) is 0 Å². The fourth-order valence-corrected chi connectivity index (χ4v) is 4.85. The molecule has 0 amide bonds. The van der Waals surface area contributed by atoms with Crippen LogP contribution in [0.1, 0.15) is 24.1 Å². The summed E-state index contributed by atoms with van der Waals surface area (Å²) in [6, 6.07) is 15.6. The molecule has 0 fully saturated rings. The summed E-state index contributed by atoms with van der Waals surface area (Å²) in [5.74, 6) is -1.61. The third-order valence-corrected chi connectivity index (χ3v) is 7.13. The largest absolute Gasteiger partial charge is 0.395 e. The van der Waals surface area contributed by atoms with E-state index in [0.717, 1.165) is 28.8 Å². The maximum Gasteiger partial charge on any atom is 0.137 e. The second-order valence-electron chi connectivity index (χ2n) is 9.44.